The number of amides is 1. The van der Waals surface area contributed by atoms with Crippen molar-refractivity contribution in [1.29, 1.82) is 0 Å². The van der Waals surface area contributed by atoms with Crippen molar-refractivity contribution in [1.82, 2.24) is 15.6 Å². The smallest absolute Gasteiger partial charge is 0.224 e. The third kappa shape index (κ3) is 5.65. The lowest BCUT2D eigenvalue weighted by molar-refractivity contribution is -0.125. The summed E-state index contributed by atoms with van der Waals surface area (Å²) in [6, 6.07) is 0. The summed E-state index contributed by atoms with van der Waals surface area (Å²) in [4.78, 5) is 17.4. The van der Waals surface area contributed by atoms with E-state index in [4.69, 9.17) is 0 Å². The Balaban J connectivity index is 0.00000162. The minimum Gasteiger partial charge on any atom is -0.349 e. The molecule has 0 aromatic carbocycles. The van der Waals surface area contributed by atoms with Gasteiger partial charge in [0.25, 0.3) is 0 Å². The molecule has 1 atom stereocenters. The maximum absolute atomic E-state index is 11.9. The number of aryl methyl sites for hydroxylation is 1. The third-order valence-electron chi connectivity index (χ3n) is 3.03. The van der Waals surface area contributed by atoms with Gasteiger partial charge in [-0.2, -0.15) is 0 Å². The van der Waals surface area contributed by atoms with Crippen LogP contribution in [0, 0.1) is 5.92 Å². The van der Waals surface area contributed by atoms with Gasteiger partial charge in [0.05, 0.1) is 12.5 Å². The SMILES string of the molecule is CCc1cnc(CNC(=O)[C@@H]2CCCNC2)s1.Cl.Cl. The first-order valence-corrected chi connectivity index (χ1v) is 7.03. The molecule has 2 heterocycles. The van der Waals surface area contributed by atoms with Gasteiger partial charge in [0.2, 0.25) is 5.91 Å². The average Bonchev–Trinajstić information content (AvgIpc) is 2.85. The van der Waals surface area contributed by atoms with E-state index >= 15 is 0 Å². The van der Waals surface area contributed by atoms with Crippen molar-refractivity contribution in [2.45, 2.75) is 32.7 Å². The fraction of sp³-hybridized carbons (Fsp3) is 0.667. The average molecular weight is 326 g/mol. The number of halogens is 2. The fourth-order valence-electron chi connectivity index (χ4n) is 1.98. The molecule has 0 saturated carbocycles. The number of nitrogens with zero attached hydrogens (tertiary/aromatic N) is 1. The molecule has 1 aliphatic rings. The molecule has 0 unspecified atom stereocenters. The zero-order chi connectivity index (χ0) is 12.1. The van der Waals surface area contributed by atoms with E-state index in [1.165, 1.54) is 4.88 Å². The van der Waals surface area contributed by atoms with E-state index in [2.05, 4.69) is 22.5 Å². The molecule has 2 rings (SSSR count). The molecule has 1 aromatic heterocycles. The molecule has 1 amide bonds. The molecule has 1 aromatic rings. The van der Waals surface area contributed by atoms with Crippen molar-refractivity contribution in [3.05, 3.63) is 16.1 Å². The number of aromatic nitrogens is 1. The van der Waals surface area contributed by atoms with E-state index in [0.717, 1.165) is 37.4 Å². The number of hydrogen-bond acceptors (Lipinski definition) is 4. The second kappa shape index (κ2) is 9.53. The maximum atomic E-state index is 11.9. The van der Waals surface area contributed by atoms with Crippen LogP contribution >= 0.6 is 36.2 Å². The highest BCUT2D eigenvalue weighted by Crippen LogP contribution is 2.14. The molecule has 19 heavy (non-hydrogen) atoms. The van der Waals surface area contributed by atoms with Crippen LogP contribution in [0.1, 0.15) is 29.7 Å². The van der Waals surface area contributed by atoms with Gasteiger partial charge in [-0.25, -0.2) is 4.98 Å². The molecule has 1 aliphatic heterocycles. The zero-order valence-electron chi connectivity index (χ0n) is 11.0. The Morgan fingerprint density at radius 1 is 1.58 bits per heavy atom. The van der Waals surface area contributed by atoms with Gasteiger partial charge in [-0.15, -0.1) is 36.2 Å². The van der Waals surface area contributed by atoms with E-state index < -0.39 is 0 Å². The molecule has 0 aliphatic carbocycles. The highest BCUT2D eigenvalue weighted by Gasteiger charge is 2.20. The van der Waals surface area contributed by atoms with Crippen LogP contribution in [-0.4, -0.2) is 24.0 Å². The zero-order valence-corrected chi connectivity index (χ0v) is 13.4. The highest BCUT2D eigenvalue weighted by atomic mass is 35.5. The van der Waals surface area contributed by atoms with Gasteiger partial charge in [-0.05, 0) is 25.8 Å². The molecular formula is C12H21Cl2N3OS. The van der Waals surface area contributed by atoms with Crippen molar-refractivity contribution >= 4 is 42.1 Å². The Bertz CT molecular complexity index is 381. The number of thiazole rings is 1. The lowest BCUT2D eigenvalue weighted by Gasteiger charge is -2.21. The van der Waals surface area contributed by atoms with E-state index in [9.17, 15) is 4.79 Å². The van der Waals surface area contributed by atoms with Crippen molar-refractivity contribution in [3.63, 3.8) is 0 Å². The molecule has 4 nitrogen and oxygen atoms in total. The summed E-state index contributed by atoms with van der Waals surface area (Å²) < 4.78 is 0. The lowest BCUT2D eigenvalue weighted by Crippen LogP contribution is -2.40. The summed E-state index contributed by atoms with van der Waals surface area (Å²) in [5.74, 6) is 0.291. The Hall–Kier alpha value is -0.360. The number of carbonyl (C=O) groups excluding carboxylic acids is 1. The van der Waals surface area contributed by atoms with Gasteiger partial charge in [0.1, 0.15) is 5.01 Å². The first kappa shape index (κ1) is 18.6. The minimum atomic E-state index is 0. The molecule has 110 valence electrons. The van der Waals surface area contributed by atoms with Gasteiger partial charge in [-0.3, -0.25) is 4.79 Å². The van der Waals surface area contributed by atoms with Crippen LogP contribution in [0.25, 0.3) is 0 Å². The van der Waals surface area contributed by atoms with E-state index in [1.807, 2.05) is 6.20 Å². The summed E-state index contributed by atoms with van der Waals surface area (Å²) in [5.41, 5.74) is 0. The summed E-state index contributed by atoms with van der Waals surface area (Å²) in [5, 5.41) is 7.23. The molecule has 2 N–H and O–H groups in total. The molecular weight excluding hydrogens is 305 g/mol. The van der Waals surface area contributed by atoms with Gasteiger partial charge in [0, 0.05) is 17.6 Å². The molecule has 7 heteroatoms. The number of hydrogen-bond donors (Lipinski definition) is 2. The number of nitrogens with one attached hydrogen (secondary N) is 2. The van der Waals surface area contributed by atoms with Gasteiger partial charge in [-0.1, -0.05) is 6.92 Å². The molecule has 0 spiro atoms. The van der Waals surface area contributed by atoms with Crippen LogP contribution in [0.3, 0.4) is 0 Å². The molecule has 0 bridgehead atoms. The first-order valence-electron chi connectivity index (χ1n) is 6.21. The Morgan fingerprint density at radius 2 is 2.37 bits per heavy atom. The molecule has 1 saturated heterocycles. The number of rotatable bonds is 4. The third-order valence-corrected chi connectivity index (χ3v) is 4.17. The largest absolute Gasteiger partial charge is 0.349 e. The van der Waals surface area contributed by atoms with Crippen LogP contribution < -0.4 is 10.6 Å². The monoisotopic (exact) mass is 325 g/mol. The second-order valence-electron chi connectivity index (χ2n) is 4.33. The predicted octanol–water partition coefficient (Wildman–Crippen LogP) is 2.16. The maximum Gasteiger partial charge on any atom is 0.224 e. The summed E-state index contributed by atoms with van der Waals surface area (Å²) in [7, 11) is 0. The van der Waals surface area contributed by atoms with Gasteiger partial charge < -0.3 is 10.6 Å². The summed E-state index contributed by atoms with van der Waals surface area (Å²) in [6.07, 6.45) is 5.00. The normalized spacial score (nSPS) is 18.1. The van der Waals surface area contributed by atoms with E-state index in [1.54, 1.807) is 11.3 Å². The highest BCUT2D eigenvalue weighted by molar-refractivity contribution is 7.11. The predicted molar refractivity (Wildman–Crippen MR) is 83.4 cm³/mol. The van der Waals surface area contributed by atoms with Crippen molar-refractivity contribution < 1.29 is 4.79 Å². The van der Waals surface area contributed by atoms with Crippen LogP contribution in [-0.2, 0) is 17.8 Å². The van der Waals surface area contributed by atoms with Crippen molar-refractivity contribution in [2.75, 3.05) is 13.1 Å². The van der Waals surface area contributed by atoms with Gasteiger partial charge >= 0.3 is 0 Å². The number of piperidine rings is 1. The summed E-state index contributed by atoms with van der Waals surface area (Å²) >= 11 is 1.68. The van der Waals surface area contributed by atoms with Crippen LogP contribution in [0.2, 0.25) is 0 Å². The Labute approximate surface area is 130 Å². The first-order chi connectivity index (χ1) is 8.29. The quantitative estimate of drug-likeness (QED) is 0.892. The van der Waals surface area contributed by atoms with Crippen LogP contribution in [0.4, 0.5) is 0 Å². The van der Waals surface area contributed by atoms with Gasteiger partial charge in [0.15, 0.2) is 0 Å². The van der Waals surface area contributed by atoms with Crippen LogP contribution in [0.5, 0.6) is 0 Å². The van der Waals surface area contributed by atoms with Crippen LogP contribution in [0.15, 0.2) is 6.20 Å². The summed E-state index contributed by atoms with van der Waals surface area (Å²) in [6.45, 7) is 4.53. The topological polar surface area (TPSA) is 54.0 Å². The van der Waals surface area contributed by atoms with Crippen molar-refractivity contribution in [2.24, 2.45) is 5.92 Å². The van der Waals surface area contributed by atoms with E-state index in [-0.39, 0.29) is 36.6 Å². The molecule has 1 fully saturated rings. The Morgan fingerprint density at radius 3 is 2.95 bits per heavy atom. The van der Waals surface area contributed by atoms with E-state index in [0.29, 0.717) is 6.54 Å². The minimum absolute atomic E-state index is 0. The number of carbonyl (C=O) groups is 1. The Kier molecular flexibility index (Phi) is 9.35. The molecule has 0 radical (unpaired) electrons. The lowest BCUT2D eigenvalue weighted by atomic mass is 9.99. The standard InChI is InChI=1S/C12H19N3OS.2ClH/c1-2-10-7-14-11(17-10)8-15-12(16)9-4-3-5-13-6-9;;/h7,9,13H,2-6,8H2,1H3,(H,15,16);2*1H/t9-;;/m1../s1. The fourth-order valence-corrected chi connectivity index (χ4v) is 2.78. The van der Waals surface area contributed by atoms with Crippen molar-refractivity contribution in [3.8, 4) is 0 Å². The second-order valence-corrected chi connectivity index (χ2v) is 5.53.